The maximum Gasteiger partial charge on any atom is 0.413 e. The van der Waals surface area contributed by atoms with Gasteiger partial charge in [0.25, 0.3) is 5.56 Å². The summed E-state index contributed by atoms with van der Waals surface area (Å²) in [4.78, 5) is 34.5. The zero-order valence-electron chi connectivity index (χ0n) is 19.4. The number of pyridine rings is 1. The van der Waals surface area contributed by atoms with Crippen molar-refractivity contribution in [2.45, 2.75) is 13.5 Å². The number of anilines is 1. The Labute approximate surface area is 191 Å². The first-order valence-electron chi connectivity index (χ1n) is 10.4. The van der Waals surface area contributed by atoms with Crippen LogP contribution in [0.3, 0.4) is 0 Å². The van der Waals surface area contributed by atoms with Crippen LogP contribution in [0.15, 0.2) is 56.9 Å². The number of nitrogens with one attached hydrogen (secondary N) is 2. The molecule has 0 fully saturated rings. The van der Waals surface area contributed by atoms with Gasteiger partial charge >= 0.3 is 6.09 Å². The summed E-state index contributed by atoms with van der Waals surface area (Å²) >= 11 is 0. The number of ether oxygens (including phenoxy) is 1. The van der Waals surface area contributed by atoms with Crippen LogP contribution in [0.5, 0.6) is 0 Å². The molecule has 1 amide bonds. The molecule has 0 aliphatic rings. The van der Waals surface area contributed by atoms with E-state index >= 15 is 0 Å². The molecule has 33 heavy (non-hydrogen) atoms. The number of hydrogen-bond donors (Lipinski definition) is 2. The third kappa shape index (κ3) is 6.07. The molecule has 10 heteroatoms. The molecule has 2 aromatic heterocycles. The van der Waals surface area contributed by atoms with Gasteiger partial charge in [0.15, 0.2) is 0 Å². The SMILES string of the molecule is CCOC(=O)NC(=NC)Nc1ccc(-c2ccn(C)c(=O)c2)cc1-c1ncc(CN(C)C)o1. The lowest BCUT2D eigenvalue weighted by atomic mass is 10.0. The minimum Gasteiger partial charge on any atom is -0.450 e. The number of hydrogen-bond acceptors (Lipinski definition) is 7. The molecule has 0 radical (unpaired) electrons. The second kappa shape index (κ2) is 10.6. The second-order valence-electron chi connectivity index (χ2n) is 7.54. The minimum atomic E-state index is -0.617. The predicted molar refractivity (Wildman–Crippen MR) is 127 cm³/mol. The van der Waals surface area contributed by atoms with Gasteiger partial charge in [0.2, 0.25) is 11.9 Å². The molecule has 0 atom stereocenters. The normalized spacial score (nSPS) is 11.5. The molecular formula is C23H28N6O4. The summed E-state index contributed by atoms with van der Waals surface area (Å²) < 4.78 is 12.4. The minimum absolute atomic E-state index is 0.111. The zero-order valence-corrected chi connectivity index (χ0v) is 19.4. The first-order chi connectivity index (χ1) is 15.8. The van der Waals surface area contributed by atoms with Gasteiger partial charge in [0, 0.05) is 26.4 Å². The Morgan fingerprint density at radius 2 is 2.00 bits per heavy atom. The highest BCUT2D eigenvalue weighted by molar-refractivity contribution is 6.04. The highest BCUT2D eigenvalue weighted by Crippen LogP contribution is 2.32. The molecule has 2 heterocycles. The Balaban J connectivity index is 2.02. The lowest BCUT2D eigenvalue weighted by Crippen LogP contribution is -2.36. The van der Waals surface area contributed by atoms with Crippen molar-refractivity contribution in [3.05, 3.63) is 58.8 Å². The van der Waals surface area contributed by atoms with E-state index in [2.05, 4.69) is 20.6 Å². The third-order valence-corrected chi connectivity index (χ3v) is 4.69. The van der Waals surface area contributed by atoms with Gasteiger partial charge in [-0.05, 0) is 50.3 Å². The average molecular weight is 453 g/mol. The molecule has 1 aromatic carbocycles. The number of rotatable bonds is 6. The van der Waals surface area contributed by atoms with E-state index in [4.69, 9.17) is 9.15 Å². The quantitative estimate of drug-likeness (QED) is 0.437. The molecule has 10 nitrogen and oxygen atoms in total. The summed E-state index contributed by atoms with van der Waals surface area (Å²) in [5.74, 6) is 1.30. The van der Waals surface area contributed by atoms with Crippen molar-refractivity contribution in [1.82, 2.24) is 19.8 Å². The Morgan fingerprint density at radius 1 is 1.24 bits per heavy atom. The van der Waals surface area contributed by atoms with Crippen molar-refractivity contribution >= 4 is 17.7 Å². The first-order valence-corrected chi connectivity index (χ1v) is 10.4. The van der Waals surface area contributed by atoms with E-state index in [1.807, 2.05) is 43.3 Å². The largest absolute Gasteiger partial charge is 0.450 e. The summed E-state index contributed by atoms with van der Waals surface area (Å²) in [6.07, 6.45) is 2.78. The number of carbonyl (C=O) groups is 1. The first kappa shape index (κ1) is 23.7. The van der Waals surface area contributed by atoms with Crippen LogP contribution in [-0.4, -0.2) is 54.3 Å². The van der Waals surface area contributed by atoms with Gasteiger partial charge in [-0.1, -0.05) is 6.07 Å². The zero-order chi connectivity index (χ0) is 24.0. The molecule has 0 aliphatic carbocycles. The number of carbonyl (C=O) groups excluding carboxylic acids is 1. The van der Waals surface area contributed by atoms with E-state index in [-0.39, 0.29) is 18.1 Å². The van der Waals surface area contributed by atoms with E-state index in [1.54, 1.807) is 39.5 Å². The summed E-state index contributed by atoms with van der Waals surface area (Å²) in [6.45, 7) is 2.55. The van der Waals surface area contributed by atoms with Gasteiger partial charge in [-0.3, -0.25) is 15.1 Å². The number of nitrogens with zero attached hydrogens (tertiary/aromatic N) is 4. The molecule has 0 bridgehead atoms. The van der Waals surface area contributed by atoms with Crippen LogP contribution >= 0.6 is 0 Å². The second-order valence-corrected chi connectivity index (χ2v) is 7.54. The molecule has 0 unspecified atom stereocenters. The van der Waals surface area contributed by atoms with Gasteiger partial charge in [-0.25, -0.2) is 9.78 Å². The fourth-order valence-electron chi connectivity index (χ4n) is 3.09. The summed E-state index contributed by atoms with van der Waals surface area (Å²) in [6, 6.07) is 8.99. The molecule has 0 spiro atoms. The van der Waals surface area contributed by atoms with E-state index in [0.717, 1.165) is 11.1 Å². The van der Waals surface area contributed by atoms with Crippen molar-refractivity contribution in [2.75, 3.05) is 33.1 Å². The van der Waals surface area contributed by atoms with Crippen LogP contribution in [0, 0.1) is 0 Å². The monoisotopic (exact) mass is 452 g/mol. The lowest BCUT2D eigenvalue weighted by Gasteiger charge is -2.14. The molecule has 3 rings (SSSR count). The van der Waals surface area contributed by atoms with Gasteiger partial charge in [-0.15, -0.1) is 0 Å². The number of benzene rings is 1. The Bertz CT molecular complexity index is 1210. The number of aryl methyl sites for hydroxylation is 1. The van der Waals surface area contributed by atoms with Crippen LogP contribution < -0.4 is 16.2 Å². The number of alkyl carbamates (subject to hydrolysis) is 1. The summed E-state index contributed by atoms with van der Waals surface area (Å²) in [5, 5.41) is 5.66. The van der Waals surface area contributed by atoms with E-state index < -0.39 is 6.09 Å². The Hall–Kier alpha value is -3.92. The lowest BCUT2D eigenvalue weighted by molar-refractivity contribution is 0.158. The van der Waals surface area contributed by atoms with Crippen LogP contribution in [0.25, 0.3) is 22.6 Å². The van der Waals surface area contributed by atoms with Crippen LogP contribution in [0.4, 0.5) is 10.5 Å². The van der Waals surface area contributed by atoms with Crippen LogP contribution in [0.2, 0.25) is 0 Å². The summed E-state index contributed by atoms with van der Waals surface area (Å²) in [5.41, 5.74) is 2.72. The van der Waals surface area contributed by atoms with Gasteiger partial charge in [0.05, 0.1) is 30.6 Å². The maximum atomic E-state index is 12.1. The fraction of sp³-hybridized carbons (Fsp3) is 0.304. The van der Waals surface area contributed by atoms with Crippen LogP contribution in [-0.2, 0) is 18.3 Å². The van der Waals surface area contributed by atoms with Gasteiger partial charge in [0.1, 0.15) is 5.76 Å². The molecular weight excluding hydrogens is 424 g/mol. The van der Waals surface area contributed by atoms with Crippen molar-refractivity contribution in [2.24, 2.45) is 12.0 Å². The average Bonchev–Trinajstić information content (AvgIpc) is 3.23. The Kier molecular flexibility index (Phi) is 7.62. The van der Waals surface area contributed by atoms with Gasteiger partial charge in [-0.2, -0.15) is 0 Å². The maximum absolute atomic E-state index is 12.1. The number of guanidine groups is 1. The molecule has 0 aliphatic heterocycles. The van der Waals surface area contributed by atoms with Crippen molar-refractivity contribution in [3.8, 4) is 22.6 Å². The highest BCUT2D eigenvalue weighted by atomic mass is 16.5. The van der Waals surface area contributed by atoms with Crippen molar-refractivity contribution in [1.29, 1.82) is 0 Å². The fourth-order valence-corrected chi connectivity index (χ4v) is 3.09. The van der Waals surface area contributed by atoms with E-state index in [1.165, 1.54) is 4.57 Å². The number of amides is 1. The number of oxazole rings is 1. The molecule has 174 valence electrons. The van der Waals surface area contributed by atoms with Crippen molar-refractivity contribution in [3.63, 3.8) is 0 Å². The highest BCUT2D eigenvalue weighted by Gasteiger charge is 2.16. The van der Waals surface area contributed by atoms with Crippen molar-refractivity contribution < 1.29 is 13.9 Å². The Morgan fingerprint density at radius 3 is 2.67 bits per heavy atom. The standard InChI is InChI=1S/C23H28N6O4/c1-6-32-23(31)27-22(24-2)26-19-8-7-15(16-9-10-29(5)20(30)12-16)11-18(19)21-25-13-17(33-21)14-28(3)4/h7-13H,6,14H2,1-5H3,(H2,24,26,27,31). The van der Waals surface area contributed by atoms with E-state index in [0.29, 0.717) is 29.4 Å². The van der Waals surface area contributed by atoms with Crippen LogP contribution in [0.1, 0.15) is 12.7 Å². The molecule has 3 aromatic rings. The molecule has 2 N–H and O–H groups in total. The molecule has 0 saturated heterocycles. The smallest absolute Gasteiger partial charge is 0.413 e. The van der Waals surface area contributed by atoms with Gasteiger partial charge < -0.3 is 23.9 Å². The van der Waals surface area contributed by atoms with E-state index in [9.17, 15) is 9.59 Å². The predicted octanol–water partition coefficient (Wildman–Crippen LogP) is 2.91. The number of aromatic nitrogens is 2. The molecule has 0 saturated carbocycles. The third-order valence-electron chi connectivity index (χ3n) is 4.69. The topological polar surface area (TPSA) is 114 Å². The number of aliphatic imine (C=N–C) groups is 1. The summed E-state index contributed by atoms with van der Waals surface area (Å²) in [7, 11) is 7.13.